The Hall–Kier alpha value is -1.55. The van der Waals surface area contributed by atoms with Gasteiger partial charge in [-0.1, -0.05) is 18.2 Å². The molecule has 1 heterocycles. The Morgan fingerprint density at radius 2 is 2.08 bits per heavy atom. The SMILES string of the molecule is O=C(O)C1Oc2ccccc2C1O. The Kier molecular flexibility index (Phi) is 1.70. The average Bonchev–Trinajstić information content (AvgIpc) is 2.45. The van der Waals surface area contributed by atoms with E-state index in [1.54, 1.807) is 24.3 Å². The lowest BCUT2D eigenvalue weighted by Crippen LogP contribution is -2.28. The van der Waals surface area contributed by atoms with Crippen LogP contribution in [0.25, 0.3) is 0 Å². The summed E-state index contributed by atoms with van der Waals surface area (Å²) in [5, 5.41) is 18.2. The summed E-state index contributed by atoms with van der Waals surface area (Å²) < 4.78 is 5.03. The minimum Gasteiger partial charge on any atom is -0.478 e. The molecule has 4 nitrogen and oxygen atoms in total. The van der Waals surface area contributed by atoms with E-state index in [1.807, 2.05) is 0 Å². The molecule has 0 spiro atoms. The van der Waals surface area contributed by atoms with E-state index in [2.05, 4.69) is 0 Å². The quantitative estimate of drug-likeness (QED) is 0.662. The van der Waals surface area contributed by atoms with E-state index in [0.29, 0.717) is 11.3 Å². The Bertz CT molecular complexity index is 347. The molecule has 68 valence electrons. The summed E-state index contributed by atoms with van der Waals surface area (Å²) in [5.41, 5.74) is 0.537. The zero-order valence-electron chi connectivity index (χ0n) is 6.68. The summed E-state index contributed by atoms with van der Waals surface area (Å²) in [7, 11) is 0. The molecule has 13 heavy (non-hydrogen) atoms. The van der Waals surface area contributed by atoms with Crippen LogP contribution in [0.4, 0.5) is 0 Å². The first-order chi connectivity index (χ1) is 6.20. The summed E-state index contributed by atoms with van der Waals surface area (Å²) in [6.45, 7) is 0. The predicted molar refractivity (Wildman–Crippen MR) is 43.5 cm³/mol. The number of hydrogen-bond acceptors (Lipinski definition) is 3. The number of aliphatic hydroxyl groups excluding tert-OH is 1. The fraction of sp³-hybridized carbons (Fsp3) is 0.222. The average molecular weight is 180 g/mol. The highest BCUT2D eigenvalue weighted by Crippen LogP contribution is 2.35. The van der Waals surface area contributed by atoms with Crippen molar-refractivity contribution in [2.75, 3.05) is 0 Å². The van der Waals surface area contributed by atoms with Gasteiger partial charge in [0.15, 0.2) is 0 Å². The van der Waals surface area contributed by atoms with Crippen molar-refractivity contribution in [1.82, 2.24) is 0 Å². The number of carboxylic acid groups (broad SMARTS) is 1. The van der Waals surface area contributed by atoms with Gasteiger partial charge in [-0.2, -0.15) is 0 Å². The van der Waals surface area contributed by atoms with Gasteiger partial charge in [-0.05, 0) is 6.07 Å². The molecule has 2 rings (SSSR count). The van der Waals surface area contributed by atoms with Crippen molar-refractivity contribution in [3.8, 4) is 5.75 Å². The maximum Gasteiger partial charge on any atom is 0.348 e. The summed E-state index contributed by atoms with van der Waals surface area (Å²) in [6, 6.07) is 6.76. The van der Waals surface area contributed by atoms with Crippen molar-refractivity contribution in [3.05, 3.63) is 29.8 Å². The van der Waals surface area contributed by atoms with Crippen LogP contribution in [0.5, 0.6) is 5.75 Å². The molecule has 0 amide bonds. The van der Waals surface area contributed by atoms with Crippen molar-refractivity contribution >= 4 is 5.97 Å². The summed E-state index contributed by atoms with van der Waals surface area (Å²) >= 11 is 0. The number of carbonyl (C=O) groups is 1. The molecule has 0 bridgehead atoms. The summed E-state index contributed by atoms with van der Waals surface area (Å²) in [4.78, 5) is 10.6. The van der Waals surface area contributed by atoms with Crippen LogP contribution in [0.15, 0.2) is 24.3 Å². The van der Waals surface area contributed by atoms with E-state index in [9.17, 15) is 9.90 Å². The first-order valence-electron chi connectivity index (χ1n) is 3.86. The summed E-state index contributed by atoms with van der Waals surface area (Å²) in [6.07, 6.45) is -2.23. The number of para-hydroxylation sites is 1. The second-order valence-electron chi connectivity index (χ2n) is 2.86. The third kappa shape index (κ3) is 1.15. The Morgan fingerprint density at radius 1 is 1.38 bits per heavy atom. The third-order valence-corrected chi connectivity index (χ3v) is 2.02. The molecule has 1 aliphatic heterocycles. The number of benzene rings is 1. The first-order valence-corrected chi connectivity index (χ1v) is 3.86. The highest BCUT2D eigenvalue weighted by molar-refractivity contribution is 5.75. The molecule has 1 aromatic rings. The molecular formula is C9H8O4. The molecule has 0 aliphatic carbocycles. The normalized spacial score (nSPS) is 25.0. The number of rotatable bonds is 1. The van der Waals surface area contributed by atoms with Crippen LogP contribution in [-0.2, 0) is 4.79 Å². The van der Waals surface area contributed by atoms with Gasteiger partial charge in [-0.3, -0.25) is 0 Å². The van der Waals surface area contributed by atoms with Crippen molar-refractivity contribution in [2.45, 2.75) is 12.2 Å². The molecular weight excluding hydrogens is 172 g/mol. The first kappa shape index (κ1) is 8.07. The van der Waals surface area contributed by atoms with Crippen LogP contribution >= 0.6 is 0 Å². The van der Waals surface area contributed by atoms with Gasteiger partial charge in [0.2, 0.25) is 6.10 Å². The fourth-order valence-electron chi connectivity index (χ4n) is 1.38. The van der Waals surface area contributed by atoms with Crippen molar-refractivity contribution in [3.63, 3.8) is 0 Å². The molecule has 4 heteroatoms. The smallest absolute Gasteiger partial charge is 0.348 e. The fourth-order valence-corrected chi connectivity index (χ4v) is 1.38. The number of fused-ring (bicyclic) bond motifs is 1. The van der Waals surface area contributed by atoms with Crippen molar-refractivity contribution in [1.29, 1.82) is 0 Å². The molecule has 2 unspecified atom stereocenters. The molecule has 1 aromatic carbocycles. The van der Waals surface area contributed by atoms with E-state index in [4.69, 9.17) is 9.84 Å². The van der Waals surface area contributed by atoms with Crippen LogP contribution in [0.2, 0.25) is 0 Å². The molecule has 0 saturated carbocycles. The van der Waals surface area contributed by atoms with E-state index in [0.717, 1.165) is 0 Å². The highest BCUT2D eigenvalue weighted by atomic mass is 16.5. The number of ether oxygens (including phenoxy) is 1. The second kappa shape index (κ2) is 2.74. The van der Waals surface area contributed by atoms with Gasteiger partial charge in [0, 0.05) is 5.56 Å². The van der Waals surface area contributed by atoms with E-state index in [-0.39, 0.29) is 0 Å². The van der Waals surface area contributed by atoms with Crippen LogP contribution in [0.1, 0.15) is 11.7 Å². The van der Waals surface area contributed by atoms with Gasteiger partial charge in [0.1, 0.15) is 11.9 Å². The van der Waals surface area contributed by atoms with Gasteiger partial charge >= 0.3 is 5.97 Å². The van der Waals surface area contributed by atoms with E-state index < -0.39 is 18.2 Å². The van der Waals surface area contributed by atoms with Gasteiger partial charge in [0.25, 0.3) is 0 Å². The lowest BCUT2D eigenvalue weighted by Gasteiger charge is -2.07. The summed E-state index contributed by atoms with van der Waals surface area (Å²) in [5.74, 6) is -0.703. The Labute approximate surface area is 74.4 Å². The maximum absolute atomic E-state index is 10.6. The third-order valence-electron chi connectivity index (χ3n) is 2.02. The van der Waals surface area contributed by atoms with Gasteiger partial charge in [-0.25, -0.2) is 4.79 Å². The van der Waals surface area contributed by atoms with Crippen molar-refractivity contribution < 1.29 is 19.7 Å². The number of aliphatic hydroxyl groups is 1. The number of hydrogen-bond donors (Lipinski definition) is 2. The molecule has 1 aliphatic rings. The van der Waals surface area contributed by atoms with E-state index in [1.165, 1.54) is 0 Å². The standard InChI is InChI=1S/C9H8O4/c10-7-5-3-1-2-4-6(5)13-8(7)9(11)12/h1-4,7-8,10H,(H,11,12). The van der Waals surface area contributed by atoms with Gasteiger partial charge in [-0.15, -0.1) is 0 Å². The largest absolute Gasteiger partial charge is 0.478 e. The molecule has 0 aromatic heterocycles. The molecule has 0 radical (unpaired) electrons. The lowest BCUT2D eigenvalue weighted by atomic mass is 10.1. The van der Waals surface area contributed by atoms with Crippen LogP contribution in [-0.4, -0.2) is 22.3 Å². The molecule has 0 fully saturated rings. The Balaban J connectivity index is 2.38. The molecule has 2 atom stereocenters. The zero-order chi connectivity index (χ0) is 9.42. The van der Waals surface area contributed by atoms with Crippen LogP contribution < -0.4 is 4.74 Å². The monoisotopic (exact) mass is 180 g/mol. The highest BCUT2D eigenvalue weighted by Gasteiger charge is 2.37. The van der Waals surface area contributed by atoms with Crippen LogP contribution in [0.3, 0.4) is 0 Å². The zero-order valence-corrected chi connectivity index (χ0v) is 6.68. The topological polar surface area (TPSA) is 66.8 Å². The number of carboxylic acids is 1. The lowest BCUT2D eigenvalue weighted by molar-refractivity contribution is -0.148. The number of aliphatic carboxylic acids is 1. The van der Waals surface area contributed by atoms with Gasteiger partial charge < -0.3 is 14.9 Å². The molecule has 2 N–H and O–H groups in total. The second-order valence-corrected chi connectivity index (χ2v) is 2.86. The van der Waals surface area contributed by atoms with Crippen molar-refractivity contribution in [2.24, 2.45) is 0 Å². The minimum atomic E-state index is -1.17. The predicted octanol–water partition coefficient (Wildman–Crippen LogP) is 0.566. The molecule has 0 saturated heterocycles. The maximum atomic E-state index is 10.6. The Morgan fingerprint density at radius 3 is 2.69 bits per heavy atom. The van der Waals surface area contributed by atoms with E-state index >= 15 is 0 Å². The van der Waals surface area contributed by atoms with Gasteiger partial charge in [0.05, 0.1) is 0 Å². The minimum absolute atomic E-state index is 0.447. The van der Waals surface area contributed by atoms with Crippen LogP contribution in [0, 0.1) is 0 Å².